The van der Waals surface area contributed by atoms with Gasteiger partial charge in [-0.25, -0.2) is 24.3 Å². The number of hydrogen-bond acceptors (Lipinski definition) is 8. The van der Waals surface area contributed by atoms with E-state index < -0.39 is 29.2 Å². The zero-order valence-electron chi connectivity index (χ0n) is 23.1. The Morgan fingerprint density at radius 1 is 1.14 bits per heavy atom. The first kappa shape index (κ1) is 29.2. The molecule has 0 radical (unpaired) electrons. The van der Waals surface area contributed by atoms with Gasteiger partial charge < -0.3 is 24.8 Å². The van der Waals surface area contributed by atoms with E-state index in [0.717, 1.165) is 29.0 Å². The summed E-state index contributed by atoms with van der Waals surface area (Å²) in [5.74, 6) is -0.833. The molecule has 42 heavy (non-hydrogen) atoms. The van der Waals surface area contributed by atoms with Crippen LogP contribution in [0.25, 0.3) is 11.0 Å². The summed E-state index contributed by atoms with van der Waals surface area (Å²) in [6.45, 7) is 2.95. The number of rotatable bonds is 8. The second-order valence-electron chi connectivity index (χ2n) is 10.1. The molecule has 0 spiro atoms. The number of halogens is 4. The van der Waals surface area contributed by atoms with E-state index in [4.69, 9.17) is 5.11 Å². The third-order valence-corrected chi connectivity index (χ3v) is 7.41. The number of carbonyl (C=O) groups is 1. The zero-order chi connectivity index (χ0) is 30.0. The van der Waals surface area contributed by atoms with Crippen molar-refractivity contribution < 1.29 is 27.5 Å². The molecular weight excluding hydrogens is 556 g/mol. The van der Waals surface area contributed by atoms with Crippen molar-refractivity contribution in [2.45, 2.75) is 38.4 Å². The number of piperidine rings is 1. The largest absolute Gasteiger partial charge is 0.418 e. The molecule has 1 fully saturated rings. The molecule has 1 aromatic carbocycles. The fourth-order valence-electron chi connectivity index (χ4n) is 5.07. The summed E-state index contributed by atoms with van der Waals surface area (Å²) >= 11 is 0. The van der Waals surface area contributed by atoms with E-state index in [1.807, 2.05) is 6.92 Å². The van der Waals surface area contributed by atoms with E-state index in [1.165, 1.54) is 25.6 Å². The maximum absolute atomic E-state index is 15.3. The van der Waals surface area contributed by atoms with Gasteiger partial charge in [-0.15, -0.1) is 0 Å². The summed E-state index contributed by atoms with van der Waals surface area (Å²) in [5, 5.41) is 11.6. The SMILES string of the molecule is CCc1cnc(N2CCC(n3cc(F)c4c(Nc5ccc(C(=O)N(C)CCO)cc5C(F)(F)F)ncnc43)CC2)nc1. The topological polar surface area (TPSA) is 112 Å². The summed E-state index contributed by atoms with van der Waals surface area (Å²) in [6, 6.07) is 2.97. The zero-order valence-corrected chi connectivity index (χ0v) is 23.1. The number of carbonyl (C=O) groups excluding carboxylic acids is 1. The van der Waals surface area contributed by atoms with Gasteiger partial charge >= 0.3 is 6.18 Å². The third-order valence-electron chi connectivity index (χ3n) is 7.41. The van der Waals surface area contributed by atoms with Crippen molar-refractivity contribution in [1.82, 2.24) is 29.4 Å². The van der Waals surface area contributed by atoms with Crippen molar-refractivity contribution in [3.05, 3.63) is 65.6 Å². The highest BCUT2D eigenvalue weighted by molar-refractivity contribution is 5.95. The fraction of sp³-hybridized carbons (Fsp3) is 0.393. The summed E-state index contributed by atoms with van der Waals surface area (Å²) < 4.78 is 59.2. The highest BCUT2D eigenvalue weighted by Crippen LogP contribution is 2.39. The van der Waals surface area contributed by atoms with Crippen molar-refractivity contribution in [2.24, 2.45) is 0 Å². The Morgan fingerprint density at radius 3 is 2.50 bits per heavy atom. The molecule has 1 amide bonds. The predicted octanol–water partition coefficient (Wildman–Crippen LogP) is 4.59. The van der Waals surface area contributed by atoms with Crippen LogP contribution in [-0.2, 0) is 12.6 Å². The van der Waals surface area contributed by atoms with Crippen LogP contribution in [0.2, 0.25) is 0 Å². The predicted molar refractivity (Wildman–Crippen MR) is 148 cm³/mol. The second-order valence-corrected chi connectivity index (χ2v) is 10.1. The molecule has 0 saturated carbocycles. The second kappa shape index (κ2) is 11.9. The molecule has 4 aromatic rings. The van der Waals surface area contributed by atoms with Crippen molar-refractivity contribution in [1.29, 1.82) is 0 Å². The number of nitrogens with zero attached hydrogens (tertiary/aromatic N) is 7. The van der Waals surface area contributed by atoms with Gasteiger partial charge in [0.15, 0.2) is 5.82 Å². The van der Waals surface area contributed by atoms with Crippen molar-refractivity contribution in [3.63, 3.8) is 0 Å². The Kier molecular flexibility index (Phi) is 8.25. The number of aryl methyl sites for hydroxylation is 1. The Morgan fingerprint density at radius 2 is 1.86 bits per heavy atom. The van der Waals surface area contributed by atoms with Crippen molar-refractivity contribution >= 4 is 34.4 Å². The number of hydrogen-bond donors (Lipinski definition) is 2. The van der Waals surface area contributed by atoms with Crippen molar-refractivity contribution in [3.8, 4) is 0 Å². The number of aliphatic hydroxyl groups is 1. The molecule has 1 saturated heterocycles. The number of aromatic nitrogens is 5. The molecule has 2 N–H and O–H groups in total. The molecule has 1 aliphatic rings. The molecule has 0 unspecified atom stereocenters. The monoisotopic (exact) mass is 586 g/mol. The molecule has 0 aliphatic carbocycles. The van der Waals surface area contributed by atoms with E-state index in [0.29, 0.717) is 31.9 Å². The van der Waals surface area contributed by atoms with Crippen LogP contribution >= 0.6 is 0 Å². The van der Waals surface area contributed by atoms with Crippen LogP contribution in [0, 0.1) is 5.82 Å². The lowest BCUT2D eigenvalue weighted by Gasteiger charge is -2.32. The number of anilines is 3. The summed E-state index contributed by atoms with van der Waals surface area (Å²) in [4.78, 5) is 32.9. The van der Waals surface area contributed by atoms with Gasteiger partial charge in [0.05, 0.1) is 23.2 Å². The number of alkyl halides is 3. The van der Waals surface area contributed by atoms with Crippen LogP contribution in [0.5, 0.6) is 0 Å². The minimum Gasteiger partial charge on any atom is -0.395 e. The van der Waals surface area contributed by atoms with E-state index in [9.17, 15) is 18.0 Å². The maximum atomic E-state index is 15.3. The van der Waals surface area contributed by atoms with Gasteiger partial charge in [-0.3, -0.25) is 4.79 Å². The molecule has 10 nitrogen and oxygen atoms in total. The molecule has 222 valence electrons. The highest BCUT2D eigenvalue weighted by atomic mass is 19.4. The highest BCUT2D eigenvalue weighted by Gasteiger charge is 2.35. The maximum Gasteiger partial charge on any atom is 0.418 e. The van der Waals surface area contributed by atoms with Gasteiger partial charge in [0.2, 0.25) is 5.95 Å². The van der Waals surface area contributed by atoms with E-state index >= 15 is 4.39 Å². The first-order valence-corrected chi connectivity index (χ1v) is 13.5. The molecule has 1 aliphatic heterocycles. The van der Waals surface area contributed by atoms with Crippen LogP contribution in [-0.4, -0.2) is 73.7 Å². The van der Waals surface area contributed by atoms with Gasteiger partial charge in [0.1, 0.15) is 17.8 Å². The fourth-order valence-corrected chi connectivity index (χ4v) is 5.07. The van der Waals surface area contributed by atoms with Gasteiger partial charge in [-0.2, -0.15) is 13.2 Å². The Hall–Kier alpha value is -4.33. The van der Waals surface area contributed by atoms with Crippen LogP contribution in [0.15, 0.2) is 43.1 Å². The molecule has 14 heteroatoms. The van der Waals surface area contributed by atoms with Gasteiger partial charge in [0, 0.05) is 56.9 Å². The summed E-state index contributed by atoms with van der Waals surface area (Å²) in [5.41, 5.74) is -0.396. The molecule has 3 aromatic heterocycles. The normalized spacial score (nSPS) is 14.4. The third kappa shape index (κ3) is 5.84. The minimum absolute atomic E-state index is 0.0330. The lowest BCUT2D eigenvalue weighted by atomic mass is 10.1. The number of nitrogens with one attached hydrogen (secondary N) is 1. The first-order chi connectivity index (χ1) is 20.1. The first-order valence-electron chi connectivity index (χ1n) is 13.5. The molecule has 0 bridgehead atoms. The van der Waals surface area contributed by atoms with Gasteiger partial charge in [-0.1, -0.05) is 6.92 Å². The Bertz CT molecular complexity index is 1570. The number of aliphatic hydroxyl groups excluding tert-OH is 1. The molecule has 5 rings (SSSR count). The quantitative estimate of drug-likeness (QED) is 0.289. The van der Waals surface area contributed by atoms with E-state index in [-0.39, 0.29) is 41.6 Å². The summed E-state index contributed by atoms with van der Waals surface area (Å²) in [7, 11) is 1.38. The Balaban J connectivity index is 1.40. The number of fused-ring (bicyclic) bond motifs is 1. The molecule has 0 atom stereocenters. The van der Waals surface area contributed by atoms with E-state index in [2.05, 4.69) is 30.2 Å². The average Bonchev–Trinajstić information content (AvgIpc) is 3.33. The molecular formula is C28H30F4N8O2. The number of likely N-dealkylation sites (N-methyl/N-ethyl adjacent to an activating group) is 1. The average molecular weight is 587 g/mol. The Labute approximate surface area is 239 Å². The van der Waals surface area contributed by atoms with Crippen LogP contribution in [0.1, 0.15) is 47.3 Å². The van der Waals surface area contributed by atoms with Gasteiger partial charge in [0.25, 0.3) is 5.91 Å². The number of benzene rings is 1. The smallest absolute Gasteiger partial charge is 0.395 e. The number of amides is 1. The lowest BCUT2D eigenvalue weighted by molar-refractivity contribution is -0.136. The van der Waals surface area contributed by atoms with Crippen molar-refractivity contribution in [2.75, 3.05) is 43.5 Å². The molecule has 4 heterocycles. The van der Waals surface area contributed by atoms with Crippen LogP contribution in [0.4, 0.5) is 35.0 Å². The van der Waals surface area contributed by atoms with Gasteiger partial charge in [-0.05, 0) is 43.0 Å². The van der Waals surface area contributed by atoms with Crippen LogP contribution in [0.3, 0.4) is 0 Å². The standard InChI is InChI=1S/C28H30F4N8O2/c1-3-17-13-33-27(34-14-17)39-8-6-19(7-9-39)40-15-21(29)23-24(35-16-36-25(23)40)37-22-5-4-18(12-20(22)28(30,31)32)26(42)38(2)10-11-41/h4-5,12-16,19,41H,3,6-11H2,1-2H3,(H,35,36,37). The lowest BCUT2D eigenvalue weighted by Crippen LogP contribution is -2.35. The van der Waals surface area contributed by atoms with Crippen LogP contribution < -0.4 is 10.2 Å². The minimum atomic E-state index is -4.82. The van der Waals surface area contributed by atoms with E-state index in [1.54, 1.807) is 17.0 Å². The summed E-state index contributed by atoms with van der Waals surface area (Å²) in [6.07, 6.45) is 3.44.